The fourth-order valence-electron chi connectivity index (χ4n) is 2.06. The highest BCUT2D eigenvalue weighted by Crippen LogP contribution is 2.31. The number of carbonyl (C=O) groups is 1. The zero-order valence-corrected chi connectivity index (χ0v) is 10.8. The first-order valence-electron chi connectivity index (χ1n) is 6.56. The highest BCUT2D eigenvalue weighted by atomic mass is 16.5. The number of anilines is 1. The van der Waals surface area contributed by atoms with Gasteiger partial charge < -0.3 is 15.0 Å². The molecule has 0 fully saturated rings. The number of hydrogen-bond acceptors (Lipinski definition) is 3. The summed E-state index contributed by atoms with van der Waals surface area (Å²) in [5.74, 6) is 0.850. The highest BCUT2D eigenvalue weighted by Gasteiger charge is 2.24. The third-order valence-electron chi connectivity index (χ3n) is 2.97. The molecule has 0 atom stereocenters. The molecule has 1 N–H and O–H groups in total. The molecular formula is C14H20N2O2. The number of carbonyl (C=O) groups excluding carboxylic acids is 1. The summed E-state index contributed by atoms with van der Waals surface area (Å²) < 4.78 is 5.40. The predicted molar refractivity (Wildman–Crippen MR) is 72.1 cm³/mol. The van der Waals surface area contributed by atoms with Crippen molar-refractivity contribution in [2.75, 3.05) is 31.1 Å². The van der Waals surface area contributed by atoms with Crippen LogP contribution in [0.15, 0.2) is 24.3 Å². The molecule has 1 aromatic carbocycles. The van der Waals surface area contributed by atoms with Crippen molar-refractivity contribution in [1.29, 1.82) is 0 Å². The molecule has 0 saturated heterocycles. The SMILES string of the molecule is CCCNCCCN1C(=O)COc2ccccc21. The van der Waals surface area contributed by atoms with Gasteiger partial charge in [-0.15, -0.1) is 0 Å². The molecule has 0 bridgehead atoms. The van der Waals surface area contributed by atoms with Crippen LogP contribution in [0, 0.1) is 0 Å². The Labute approximate surface area is 108 Å². The Hall–Kier alpha value is -1.55. The Morgan fingerprint density at radius 2 is 2.17 bits per heavy atom. The standard InChI is InChI=1S/C14H20N2O2/c1-2-8-15-9-5-10-16-12-6-3-4-7-13(12)18-11-14(16)17/h3-4,6-7,15H,2,5,8-11H2,1H3. The highest BCUT2D eigenvalue weighted by molar-refractivity contribution is 5.97. The van der Waals surface area contributed by atoms with E-state index in [4.69, 9.17) is 4.74 Å². The maximum absolute atomic E-state index is 11.9. The van der Waals surface area contributed by atoms with E-state index in [-0.39, 0.29) is 12.5 Å². The van der Waals surface area contributed by atoms with Gasteiger partial charge in [0, 0.05) is 6.54 Å². The number of fused-ring (bicyclic) bond motifs is 1. The molecule has 4 heteroatoms. The fourth-order valence-corrected chi connectivity index (χ4v) is 2.06. The van der Waals surface area contributed by atoms with Gasteiger partial charge in [-0.1, -0.05) is 19.1 Å². The molecule has 2 rings (SSSR count). The van der Waals surface area contributed by atoms with Crippen LogP contribution in [0.2, 0.25) is 0 Å². The normalized spacial score (nSPS) is 14.3. The van der Waals surface area contributed by atoms with Crippen LogP contribution in [0.5, 0.6) is 5.75 Å². The quantitative estimate of drug-likeness (QED) is 0.781. The number of nitrogens with zero attached hydrogens (tertiary/aromatic N) is 1. The molecule has 18 heavy (non-hydrogen) atoms. The molecule has 0 unspecified atom stereocenters. The number of amides is 1. The third kappa shape index (κ3) is 3.01. The lowest BCUT2D eigenvalue weighted by molar-refractivity contribution is -0.121. The number of benzene rings is 1. The fraction of sp³-hybridized carbons (Fsp3) is 0.500. The zero-order chi connectivity index (χ0) is 12.8. The largest absolute Gasteiger partial charge is 0.482 e. The van der Waals surface area contributed by atoms with Crippen LogP contribution < -0.4 is 15.0 Å². The van der Waals surface area contributed by atoms with Crippen LogP contribution >= 0.6 is 0 Å². The van der Waals surface area contributed by atoms with Gasteiger partial charge in [0.25, 0.3) is 5.91 Å². The monoisotopic (exact) mass is 248 g/mol. The summed E-state index contributed by atoms with van der Waals surface area (Å²) in [5.41, 5.74) is 0.893. The van der Waals surface area contributed by atoms with Gasteiger partial charge in [0.05, 0.1) is 5.69 Å². The van der Waals surface area contributed by atoms with Crippen LogP contribution in [0.1, 0.15) is 19.8 Å². The minimum absolute atomic E-state index is 0.0455. The van der Waals surface area contributed by atoms with E-state index in [1.807, 2.05) is 29.2 Å². The summed E-state index contributed by atoms with van der Waals surface area (Å²) in [7, 11) is 0. The second-order valence-corrected chi connectivity index (χ2v) is 4.41. The first kappa shape index (κ1) is 12.9. The number of ether oxygens (including phenoxy) is 1. The van der Waals surface area contributed by atoms with Gasteiger partial charge in [-0.25, -0.2) is 0 Å². The van der Waals surface area contributed by atoms with E-state index in [9.17, 15) is 4.79 Å². The van der Waals surface area contributed by atoms with Crippen molar-refractivity contribution in [2.45, 2.75) is 19.8 Å². The van der Waals surface area contributed by atoms with E-state index in [1.54, 1.807) is 0 Å². The molecule has 0 aromatic heterocycles. The third-order valence-corrected chi connectivity index (χ3v) is 2.97. The van der Waals surface area contributed by atoms with Crippen molar-refractivity contribution >= 4 is 11.6 Å². The first-order valence-corrected chi connectivity index (χ1v) is 6.56. The summed E-state index contributed by atoms with van der Waals surface area (Å²) in [6, 6.07) is 7.70. The Kier molecular flexibility index (Phi) is 4.59. The smallest absolute Gasteiger partial charge is 0.265 e. The van der Waals surface area contributed by atoms with E-state index in [0.717, 1.165) is 43.9 Å². The molecule has 0 saturated carbocycles. The summed E-state index contributed by atoms with van der Waals surface area (Å²) in [4.78, 5) is 13.7. The maximum atomic E-state index is 11.9. The molecule has 4 nitrogen and oxygen atoms in total. The van der Waals surface area contributed by atoms with Gasteiger partial charge in [-0.05, 0) is 38.1 Å². The van der Waals surface area contributed by atoms with E-state index in [1.165, 1.54) is 0 Å². The summed E-state index contributed by atoms with van der Waals surface area (Å²) in [5, 5.41) is 3.34. The zero-order valence-electron chi connectivity index (χ0n) is 10.8. The van der Waals surface area contributed by atoms with Crippen LogP contribution in [-0.4, -0.2) is 32.1 Å². The van der Waals surface area contributed by atoms with E-state index in [2.05, 4.69) is 12.2 Å². The molecule has 1 heterocycles. The molecular weight excluding hydrogens is 228 g/mol. The molecule has 0 spiro atoms. The van der Waals surface area contributed by atoms with Crippen molar-refractivity contribution in [3.05, 3.63) is 24.3 Å². The lowest BCUT2D eigenvalue weighted by atomic mass is 10.2. The molecule has 98 valence electrons. The summed E-state index contributed by atoms with van der Waals surface area (Å²) in [6.07, 6.45) is 2.10. The molecule has 1 aliphatic rings. The average molecular weight is 248 g/mol. The van der Waals surface area contributed by atoms with Crippen molar-refractivity contribution in [3.63, 3.8) is 0 Å². The van der Waals surface area contributed by atoms with Crippen molar-refractivity contribution in [2.24, 2.45) is 0 Å². The molecule has 1 aromatic rings. The van der Waals surface area contributed by atoms with Gasteiger partial charge >= 0.3 is 0 Å². The van der Waals surface area contributed by atoms with E-state index in [0.29, 0.717) is 0 Å². The first-order chi connectivity index (χ1) is 8.83. The Morgan fingerprint density at radius 1 is 1.33 bits per heavy atom. The van der Waals surface area contributed by atoms with Gasteiger partial charge in [-0.3, -0.25) is 4.79 Å². The lowest BCUT2D eigenvalue weighted by Crippen LogP contribution is -2.40. The molecule has 1 amide bonds. The van der Waals surface area contributed by atoms with Crippen LogP contribution in [-0.2, 0) is 4.79 Å². The van der Waals surface area contributed by atoms with E-state index >= 15 is 0 Å². The summed E-state index contributed by atoms with van der Waals surface area (Å²) >= 11 is 0. The molecule has 0 aliphatic carbocycles. The second kappa shape index (κ2) is 6.40. The minimum Gasteiger partial charge on any atom is -0.482 e. The summed E-state index contributed by atoms with van der Waals surface area (Å²) in [6.45, 7) is 5.03. The molecule has 0 radical (unpaired) electrons. The Balaban J connectivity index is 1.93. The van der Waals surface area contributed by atoms with Gasteiger partial charge in [0.1, 0.15) is 5.75 Å². The van der Waals surface area contributed by atoms with Crippen molar-refractivity contribution in [3.8, 4) is 5.75 Å². The van der Waals surface area contributed by atoms with E-state index < -0.39 is 0 Å². The van der Waals surface area contributed by atoms with Crippen LogP contribution in [0.25, 0.3) is 0 Å². The average Bonchev–Trinajstić information content (AvgIpc) is 2.41. The topological polar surface area (TPSA) is 41.6 Å². The van der Waals surface area contributed by atoms with Crippen molar-refractivity contribution < 1.29 is 9.53 Å². The number of hydrogen-bond donors (Lipinski definition) is 1. The lowest BCUT2D eigenvalue weighted by Gasteiger charge is -2.29. The number of rotatable bonds is 6. The van der Waals surface area contributed by atoms with Gasteiger partial charge in [0.15, 0.2) is 6.61 Å². The number of para-hydroxylation sites is 2. The Bertz CT molecular complexity index is 407. The van der Waals surface area contributed by atoms with Crippen LogP contribution in [0.3, 0.4) is 0 Å². The van der Waals surface area contributed by atoms with Gasteiger partial charge in [0.2, 0.25) is 0 Å². The number of nitrogens with one attached hydrogen (secondary N) is 1. The molecule has 1 aliphatic heterocycles. The predicted octanol–water partition coefficient (Wildman–Crippen LogP) is 1.80. The van der Waals surface area contributed by atoms with Crippen molar-refractivity contribution in [1.82, 2.24) is 5.32 Å². The second-order valence-electron chi connectivity index (χ2n) is 4.41. The maximum Gasteiger partial charge on any atom is 0.265 e. The van der Waals surface area contributed by atoms with Gasteiger partial charge in [-0.2, -0.15) is 0 Å². The Morgan fingerprint density at radius 3 is 3.00 bits per heavy atom. The minimum atomic E-state index is 0.0455. The van der Waals surface area contributed by atoms with Crippen LogP contribution in [0.4, 0.5) is 5.69 Å².